The summed E-state index contributed by atoms with van der Waals surface area (Å²) in [6, 6.07) is 0. The molecular formula is C21H42K2N2O8S. The Kier molecular flexibility index (Phi) is 28.3. The van der Waals surface area contributed by atoms with E-state index in [0.29, 0.717) is 17.7 Å². The second-order valence-corrected chi connectivity index (χ2v) is 10.1. The molecule has 192 valence electrons. The quantitative estimate of drug-likeness (QED) is 0.111. The predicted molar refractivity (Wildman–Crippen MR) is 123 cm³/mol. The van der Waals surface area contributed by atoms with E-state index in [4.69, 9.17) is 24.6 Å². The molecule has 0 aromatic heterocycles. The van der Waals surface area contributed by atoms with E-state index in [9.17, 15) is 9.59 Å². The number of nitrogens with zero attached hydrogens (tertiary/aromatic N) is 2. The van der Waals surface area contributed by atoms with Crippen molar-refractivity contribution < 1.29 is 143 Å². The molecular weight excluding hydrogens is 519 g/mol. The zero-order chi connectivity index (χ0) is 25.5. The average molecular weight is 561 g/mol. The van der Waals surface area contributed by atoms with Crippen LogP contribution in [0.1, 0.15) is 62.7 Å². The Hall–Kier alpha value is 1.55. The summed E-state index contributed by atoms with van der Waals surface area (Å²) < 4.78 is 10.5. The molecule has 2 rings (SSSR count). The second-order valence-electron chi connectivity index (χ2n) is 9.38. The predicted octanol–water partition coefficient (Wildman–Crippen LogP) is -3.65. The number of aliphatic hydroxyl groups is 1. The van der Waals surface area contributed by atoms with Gasteiger partial charge in [-0.3, -0.25) is 4.79 Å². The maximum Gasteiger partial charge on any atom is 1.00 e. The molecule has 2 aliphatic heterocycles. The van der Waals surface area contributed by atoms with Gasteiger partial charge in [0, 0.05) is 38.5 Å². The maximum atomic E-state index is 11.5. The van der Waals surface area contributed by atoms with Crippen molar-refractivity contribution in [3.63, 3.8) is 0 Å². The number of ether oxygens (including phenoxy) is 2. The van der Waals surface area contributed by atoms with Gasteiger partial charge in [0.2, 0.25) is 0 Å². The largest absolute Gasteiger partial charge is 1.00 e. The minimum absolute atomic E-state index is 0. The van der Waals surface area contributed by atoms with Crippen LogP contribution in [0.2, 0.25) is 0 Å². The number of hydrogen-bond donors (Lipinski definition) is 2. The molecule has 0 aromatic carbocycles. The Morgan fingerprint density at radius 1 is 0.941 bits per heavy atom. The molecule has 2 heterocycles. The van der Waals surface area contributed by atoms with Crippen LogP contribution < -0.4 is 108 Å². The van der Waals surface area contributed by atoms with Gasteiger partial charge in [0.05, 0.1) is 0 Å². The first kappa shape index (κ1) is 42.6. The van der Waals surface area contributed by atoms with Crippen molar-refractivity contribution in [3.05, 3.63) is 0 Å². The number of thiol groups is 1. The molecule has 1 N–H and O–H groups in total. The van der Waals surface area contributed by atoms with Crippen molar-refractivity contribution in [2.45, 2.75) is 77.8 Å². The fraction of sp³-hybridized carbons (Fsp3) is 0.857. The van der Waals surface area contributed by atoms with Crippen LogP contribution in [-0.4, -0.2) is 83.3 Å². The molecule has 2 saturated heterocycles. The number of hydrogen-bond acceptors (Lipinski definition) is 9. The summed E-state index contributed by atoms with van der Waals surface area (Å²) in [6.07, 6.45) is 1.67. The Bertz CT molecular complexity index is 522. The Balaban J connectivity index is -0.000000131. The first-order valence-electron chi connectivity index (χ1n) is 10.5. The molecule has 0 saturated carbocycles. The van der Waals surface area contributed by atoms with Gasteiger partial charge in [-0.1, -0.05) is 6.92 Å². The summed E-state index contributed by atoms with van der Waals surface area (Å²) in [4.78, 5) is 37.7. The third kappa shape index (κ3) is 23.9. The van der Waals surface area contributed by atoms with Crippen LogP contribution in [0.25, 0.3) is 0 Å². The summed E-state index contributed by atoms with van der Waals surface area (Å²) >= 11 is 4.31. The second kappa shape index (κ2) is 22.5. The summed E-state index contributed by atoms with van der Waals surface area (Å²) in [5.74, 6) is 0.618. The molecule has 0 aliphatic carbocycles. The molecule has 10 nitrogen and oxygen atoms in total. The van der Waals surface area contributed by atoms with Crippen LogP contribution >= 0.6 is 12.6 Å². The van der Waals surface area contributed by atoms with E-state index in [-0.39, 0.29) is 128 Å². The smallest absolute Gasteiger partial charge is 1.00 e. The van der Waals surface area contributed by atoms with Crippen molar-refractivity contribution in [2.75, 3.05) is 33.3 Å². The van der Waals surface area contributed by atoms with Crippen molar-refractivity contribution in [3.8, 4) is 0 Å². The molecule has 2 aliphatic rings. The molecule has 0 radical (unpaired) electrons. The zero-order valence-electron chi connectivity index (χ0n) is 23.6. The van der Waals surface area contributed by atoms with E-state index in [0.717, 1.165) is 39.6 Å². The third-order valence-corrected chi connectivity index (χ3v) is 4.35. The third-order valence-electron chi connectivity index (χ3n) is 3.93. The fourth-order valence-electron chi connectivity index (χ4n) is 2.66. The van der Waals surface area contributed by atoms with Crippen molar-refractivity contribution in [1.82, 2.24) is 9.80 Å². The molecule has 2 atom stereocenters. The number of likely N-dealkylation sites (tertiary alicyclic amines) is 2. The van der Waals surface area contributed by atoms with Crippen LogP contribution in [0.15, 0.2) is 0 Å². The van der Waals surface area contributed by atoms with Gasteiger partial charge in [-0.2, -0.15) is 12.6 Å². The number of carbonyl (C=O) groups excluding carboxylic acids is 3. The van der Waals surface area contributed by atoms with E-state index < -0.39 is 5.60 Å². The summed E-state index contributed by atoms with van der Waals surface area (Å²) in [5, 5.41) is 15.7. The van der Waals surface area contributed by atoms with E-state index in [1.807, 2.05) is 41.5 Å². The molecule has 13 heteroatoms. The van der Waals surface area contributed by atoms with Gasteiger partial charge >= 0.3 is 115 Å². The average Bonchev–Trinajstić information content (AvgIpc) is 3.30. The van der Waals surface area contributed by atoms with Crippen LogP contribution in [0, 0.1) is 5.92 Å². The topological polar surface area (TPSA) is 129 Å². The van der Waals surface area contributed by atoms with Crippen LogP contribution in [0.5, 0.6) is 0 Å². The van der Waals surface area contributed by atoms with Crippen LogP contribution in [0.3, 0.4) is 0 Å². The van der Waals surface area contributed by atoms with Gasteiger partial charge in [0.1, 0.15) is 11.2 Å². The van der Waals surface area contributed by atoms with Gasteiger partial charge in [0.15, 0.2) is 0 Å². The van der Waals surface area contributed by atoms with E-state index >= 15 is 0 Å². The Morgan fingerprint density at radius 3 is 1.53 bits per heavy atom. The minimum Gasteiger partial charge on any atom is -1.00 e. The summed E-state index contributed by atoms with van der Waals surface area (Å²) in [5.41, 5.74) is -0.769. The SMILES string of the molecule is CC(C)(C)OC(=O)N1CC[C@@H](S)C1.CO.C[C@@H]1CCN(C(=O)OC(C)(C)C)C1.O=CO[O-].[H-].[K+].[K+]. The fourth-order valence-corrected chi connectivity index (χ4v) is 2.97. The van der Waals surface area contributed by atoms with Gasteiger partial charge in [-0.05, 0) is 60.3 Å². The van der Waals surface area contributed by atoms with Gasteiger partial charge in [-0.25, -0.2) is 9.59 Å². The van der Waals surface area contributed by atoms with Crippen molar-refractivity contribution in [1.29, 1.82) is 0 Å². The van der Waals surface area contributed by atoms with Gasteiger partial charge in [0.25, 0.3) is 6.47 Å². The minimum atomic E-state index is -0.397. The number of carbonyl (C=O) groups is 3. The zero-order valence-corrected chi connectivity index (χ0v) is 29.8. The number of amides is 2. The van der Waals surface area contributed by atoms with E-state index in [1.165, 1.54) is 0 Å². The summed E-state index contributed by atoms with van der Waals surface area (Å²) in [7, 11) is 1.00. The van der Waals surface area contributed by atoms with Crippen LogP contribution in [-0.2, 0) is 19.2 Å². The van der Waals surface area contributed by atoms with E-state index in [2.05, 4.69) is 24.4 Å². The first-order valence-corrected chi connectivity index (χ1v) is 11.0. The summed E-state index contributed by atoms with van der Waals surface area (Å²) in [6.45, 7) is 16.4. The Labute approximate surface area is 296 Å². The molecule has 2 amide bonds. The van der Waals surface area contributed by atoms with Crippen LogP contribution in [0.4, 0.5) is 9.59 Å². The molecule has 0 spiro atoms. The molecule has 0 aromatic rings. The maximum absolute atomic E-state index is 11.5. The molecule has 0 bridgehead atoms. The molecule has 34 heavy (non-hydrogen) atoms. The molecule has 2 fully saturated rings. The van der Waals surface area contributed by atoms with Gasteiger partial charge in [-0.15, -0.1) is 0 Å². The standard InChI is InChI=1S/C10H19NO2.C9H17NO2S.CH2O3.CH4O.2K.H/c1-8-5-6-11(7-8)9(12)13-10(2,3)4;1-9(2,3)12-8(11)10-5-4-7(13)6-10;2-1-4-3;1-2;;;/h8H,5-7H2,1-4H3;7,13H,4-6H2,1-3H3;1,3H;2H,1H3;;;/q;;;;2*+1;-1/p-1/t8-;7-;;;;;/m11...../s1. The number of aliphatic hydroxyl groups excluding tert-OH is 1. The normalized spacial score (nSPS) is 18.7. The first-order chi connectivity index (χ1) is 14.7. The monoisotopic (exact) mass is 560 g/mol. The molecule has 0 unspecified atom stereocenters. The van der Waals surface area contributed by atoms with Gasteiger partial charge < -0.3 is 36.0 Å². The van der Waals surface area contributed by atoms with Crippen molar-refractivity contribution >= 4 is 31.3 Å². The van der Waals surface area contributed by atoms with E-state index in [1.54, 1.807) is 9.80 Å². The number of rotatable bonds is 1. The van der Waals surface area contributed by atoms with Crippen molar-refractivity contribution in [2.24, 2.45) is 5.92 Å². The Morgan fingerprint density at radius 2 is 1.29 bits per heavy atom.